The number of nitrogens with two attached hydrogens (primary N) is 1. The number of hydrogen-bond acceptors (Lipinski definition) is 5. The van der Waals surface area contributed by atoms with Crippen molar-refractivity contribution in [3.63, 3.8) is 0 Å². The van der Waals surface area contributed by atoms with Crippen molar-refractivity contribution in [2.45, 2.75) is 6.18 Å². The molecule has 0 aliphatic heterocycles. The van der Waals surface area contributed by atoms with Crippen LogP contribution < -0.4 is 5.73 Å². The number of halogens is 3. The Balaban J connectivity index is 2.16. The normalized spacial score (nSPS) is 11.8. The molecule has 2 heterocycles. The van der Waals surface area contributed by atoms with E-state index in [0.29, 0.717) is 21.7 Å². The molecule has 3 rings (SSSR count). The Kier molecular flexibility index (Phi) is 3.17. The summed E-state index contributed by atoms with van der Waals surface area (Å²) in [6, 6.07) is 4.87. The Morgan fingerprint density at radius 1 is 1.24 bits per heavy atom. The Labute approximate surface area is 121 Å². The van der Waals surface area contributed by atoms with Crippen LogP contribution in [0.4, 0.5) is 19.1 Å². The van der Waals surface area contributed by atoms with Crippen LogP contribution in [0.25, 0.3) is 21.7 Å². The maximum absolute atomic E-state index is 12.8. The van der Waals surface area contributed by atoms with Crippen molar-refractivity contribution in [3.8, 4) is 21.7 Å². The summed E-state index contributed by atoms with van der Waals surface area (Å²) in [5.41, 5.74) is 7.57. The maximum Gasteiger partial charge on any atom is 0.416 e. The van der Waals surface area contributed by atoms with E-state index in [4.69, 9.17) is 10.3 Å². The SMILES string of the molecule is Nc1onc(-c2cncs2)c1-c1cccc(C(F)(F)F)c1. The Morgan fingerprint density at radius 3 is 2.71 bits per heavy atom. The minimum Gasteiger partial charge on any atom is -0.367 e. The molecule has 0 saturated heterocycles. The van der Waals surface area contributed by atoms with E-state index in [1.54, 1.807) is 11.7 Å². The van der Waals surface area contributed by atoms with E-state index in [0.717, 1.165) is 12.1 Å². The summed E-state index contributed by atoms with van der Waals surface area (Å²) >= 11 is 1.30. The van der Waals surface area contributed by atoms with E-state index in [2.05, 4.69) is 10.1 Å². The first-order valence-corrected chi connectivity index (χ1v) is 6.66. The minimum atomic E-state index is -4.42. The molecule has 0 atom stereocenters. The molecule has 0 spiro atoms. The Bertz CT molecular complexity index is 765. The quantitative estimate of drug-likeness (QED) is 0.775. The van der Waals surface area contributed by atoms with Crippen LogP contribution in [0.3, 0.4) is 0 Å². The summed E-state index contributed by atoms with van der Waals surface area (Å²) in [7, 11) is 0. The lowest BCUT2D eigenvalue weighted by molar-refractivity contribution is -0.137. The first-order chi connectivity index (χ1) is 9.97. The highest BCUT2D eigenvalue weighted by molar-refractivity contribution is 7.13. The predicted molar refractivity (Wildman–Crippen MR) is 72.5 cm³/mol. The van der Waals surface area contributed by atoms with E-state index < -0.39 is 11.7 Å². The Hall–Kier alpha value is -2.35. The molecule has 0 aliphatic carbocycles. The number of nitrogen functional groups attached to an aromatic ring is 1. The third kappa shape index (κ3) is 2.49. The molecule has 2 aromatic heterocycles. The van der Waals surface area contributed by atoms with E-state index in [1.165, 1.54) is 23.5 Å². The van der Waals surface area contributed by atoms with Crippen LogP contribution >= 0.6 is 11.3 Å². The number of hydrogen-bond donors (Lipinski definition) is 1. The van der Waals surface area contributed by atoms with E-state index in [-0.39, 0.29) is 5.88 Å². The van der Waals surface area contributed by atoms with Gasteiger partial charge in [0.1, 0.15) is 5.69 Å². The van der Waals surface area contributed by atoms with E-state index in [1.807, 2.05) is 0 Å². The molecule has 2 N–H and O–H groups in total. The van der Waals surface area contributed by atoms with Gasteiger partial charge in [-0.25, -0.2) is 0 Å². The summed E-state index contributed by atoms with van der Waals surface area (Å²) in [5, 5.41) is 3.82. The van der Waals surface area contributed by atoms with Crippen LogP contribution in [-0.2, 0) is 6.18 Å². The van der Waals surface area contributed by atoms with Gasteiger partial charge < -0.3 is 10.3 Å². The van der Waals surface area contributed by atoms with Crippen LogP contribution in [0.2, 0.25) is 0 Å². The van der Waals surface area contributed by atoms with Crippen molar-refractivity contribution in [2.75, 3.05) is 5.73 Å². The van der Waals surface area contributed by atoms with Crippen LogP contribution in [0.1, 0.15) is 5.56 Å². The van der Waals surface area contributed by atoms with Crippen molar-refractivity contribution in [1.29, 1.82) is 0 Å². The first kappa shape index (κ1) is 13.6. The molecule has 0 unspecified atom stereocenters. The van der Waals surface area contributed by atoms with Crippen molar-refractivity contribution < 1.29 is 17.7 Å². The summed E-state index contributed by atoms with van der Waals surface area (Å²) < 4.78 is 43.3. The molecule has 1 aromatic carbocycles. The third-order valence-corrected chi connectivity index (χ3v) is 3.64. The van der Waals surface area contributed by atoms with Gasteiger partial charge in [0.15, 0.2) is 0 Å². The average Bonchev–Trinajstić information content (AvgIpc) is 3.06. The lowest BCUT2D eigenvalue weighted by Gasteiger charge is -2.08. The van der Waals surface area contributed by atoms with Crippen molar-refractivity contribution >= 4 is 17.2 Å². The van der Waals surface area contributed by atoms with Gasteiger partial charge >= 0.3 is 6.18 Å². The molecule has 0 radical (unpaired) electrons. The second-order valence-electron chi connectivity index (χ2n) is 4.21. The Morgan fingerprint density at radius 2 is 2.05 bits per heavy atom. The fourth-order valence-corrected chi connectivity index (χ4v) is 2.54. The molecule has 0 amide bonds. The highest BCUT2D eigenvalue weighted by atomic mass is 32.1. The van der Waals surface area contributed by atoms with Gasteiger partial charge in [0.25, 0.3) is 0 Å². The van der Waals surface area contributed by atoms with Crippen LogP contribution in [-0.4, -0.2) is 10.1 Å². The topological polar surface area (TPSA) is 64.9 Å². The van der Waals surface area contributed by atoms with Gasteiger partial charge in [0.05, 0.1) is 21.5 Å². The molecule has 3 aromatic rings. The van der Waals surface area contributed by atoms with Gasteiger partial charge in [-0.15, -0.1) is 11.3 Å². The number of thiazole rings is 1. The third-order valence-electron chi connectivity index (χ3n) is 2.86. The molecule has 0 fully saturated rings. The molecule has 4 nitrogen and oxygen atoms in total. The van der Waals surface area contributed by atoms with Gasteiger partial charge in [-0.3, -0.25) is 4.98 Å². The minimum absolute atomic E-state index is 0.0299. The number of rotatable bonds is 2. The summed E-state index contributed by atoms with van der Waals surface area (Å²) in [5.74, 6) is -0.0299. The molecule has 0 aliphatic rings. The summed E-state index contributed by atoms with van der Waals surface area (Å²) in [4.78, 5) is 4.58. The number of aromatic nitrogens is 2. The molecule has 0 bridgehead atoms. The molecule has 8 heteroatoms. The number of anilines is 1. The van der Waals surface area contributed by atoms with Gasteiger partial charge in [-0.1, -0.05) is 17.3 Å². The molecular weight excluding hydrogens is 303 g/mol. The fourth-order valence-electron chi connectivity index (χ4n) is 1.93. The standard InChI is InChI=1S/C13H8F3N3OS/c14-13(15,16)8-3-1-2-7(4-8)10-11(19-20-12(10)17)9-5-18-6-21-9/h1-6H,17H2. The number of benzene rings is 1. The van der Waals surface area contributed by atoms with Gasteiger partial charge in [-0.2, -0.15) is 13.2 Å². The lowest BCUT2D eigenvalue weighted by Crippen LogP contribution is -2.04. The van der Waals surface area contributed by atoms with Crippen molar-refractivity contribution in [2.24, 2.45) is 0 Å². The smallest absolute Gasteiger partial charge is 0.367 e. The van der Waals surface area contributed by atoms with Gasteiger partial charge in [0, 0.05) is 6.20 Å². The summed E-state index contributed by atoms with van der Waals surface area (Å²) in [6.07, 6.45) is -2.87. The second-order valence-corrected chi connectivity index (χ2v) is 5.10. The predicted octanol–water partition coefficient (Wildman–Crippen LogP) is 4.07. The molecule has 108 valence electrons. The van der Waals surface area contributed by atoms with Crippen LogP contribution in [0, 0.1) is 0 Å². The molecular formula is C13H8F3N3OS. The second kappa shape index (κ2) is 4.88. The molecule has 21 heavy (non-hydrogen) atoms. The number of alkyl halides is 3. The zero-order valence-electron chi connectivity index (χ0n) is 10.4. The zero-order chi connectivity index (χ0) is 15.0. The monoisotopic (exact) mass is 311 g/mol. The largest absolute Gasteiger partial charge is 0.416 e. The van der Waals surface area contributed by atoms with E-state index in [9.17, 15) is 13.2 Å². The average molecular weight is 311 g/mol. The maximum atomic E-state index is 12.8. The van der Waals surface area contributed by atoms with Gasteiger partial charge in [0.2, 0.25) is 5.88 Å². The molecule has 0 saturated carbocycles. The highest BCUT2D eigenvalue weighted by Gasteiger charge is 2.31. The van der Waals surface area contributed by atoms with Crippen molar-refractivity contribution in [3.05, 3.63) is 41.5 Å². The van der Waals surface area contributed by atoms with Crippen LogP contribution in [0.5, 0.6) is 0 Å². The number of nitrogens with zero attached hydrogens (tertiary/aromatic N) is 2. The zero-order valence-corrected chi connectivity index (χ0v) is 11.2. The fraction of sp³-hybridized carbons (Fsp3) is 0.0769. The highest BCUT2D eigenvalue weighted by Crippen LogP contribution is 2.39. The summed E-state index contributed by atoms with van der Waals surface area (Å²) in [6.45, 7) is 0. The lowest BCUT2D eigenvalue weighted by atomic mass is 10.0. The first-order valence-electron chi connectivity index (χ1n) is 5.78. The van der Waals surface area contributed by atoms with Gasteiger partial charge in [-0.05, 0) is 17.7 Å². The van der Waals surface area contributed by atoms with Crippen LogP contribution in [0.15, 0.2) is 40.5 Å². The van der Waals surface area contributed by atoms with Crippen molar-refractivity contribution in [1.82, 2.24) is 10.1 Å². The van der Waals surface area contributed by atoms with E-state index >= 15 is 0 Å².